The van der Waals surface area contributed by atoms with E-state index in [0.717, 1.165) is 51.4 Å². The first-order valence-electron chi connectivity index (χ1n) is 23.8. The van der Waals surface area contributed by atoms with Crippen LogP contribution in [0.5, 0.6) is 23.0 Å². The molecule has 6 amide bonds. The Morgan fingerprint density at radius 1 is 0.740 bits per heavy atom. The van der Waals surface area contributed by atoms with Gasteiger partial charge in [0.2, 0.25) is 11.8 Å². The topological polar surface area (TPSA) is 203 Å². The largest absolute Gasteiger partial charge is 0.493 e. The normalized spacial score (nSPS) is 17.7. The number of aliphatic imine (C=N–C) groups is 1. The first-order valence-corrected chi connectivity index (χ1v) is 24.8. The molecule has 0 spiro atoms. The van der Waals surface area contributed by atoms with Crippen LogP contribution in [0.3, 0.4) is 0 Å². The van der Waals surface area contributed by atoms with Crippen molar-refractivity contribution in [3.05, 3.63) is 130 Å². The number of para-hydroxylation sites is 2. The van der Waals surface area contributed by atoms with Crippen molar-refractivity contribution < 1.29 is 57.3 Å². The van der Waals surface area contributed by atoms with Gasteiger partial charge in [0.1, 0.15) is 13.2 Å². The molecule has 0 aliphatic carbocycles. The van der Waals surface area contributed by atoms with Gasteiger partial charge in [0, 0.05) is 68.2 Å². The quantitative estimate of drug-likeness (QED) is 0.0757. The molecule has 0 saturated carbocycles. The van der Waals surface area contributed by atoms with Crippen molar-refractivity contribution in [1.29, 1.82) is 0 Å². The molecule has 5 aliphatic rings. The van der Waals surface area contributed by atoms with Gasteiger partial charge < -0.3 is 38.9 Å². The molecule has 0 aromatic heterocycles. The first-order chi connectivity index (χ1) is 35.4. The molecule has 1 N–H and O–H groups in total. The number of amides is 6. The number of ether oxygens (including phenoxy) is 4. The number of carbonyl (C=O) groups is 7. The minimum atomic E-state index is -0.916. The number of thioether (sulfide) groups is 1. The molecule has 5 aliphatic heterocycles. The Bertz CT molecular complexity index is 3110. The Kier molecular flexibility index (Phi) is 13.6. The molecule has 0 bridgehead atoms. The highest BCUT2D eigenvalue weighted by Gasteiger charge is 2.41. The second-order valence-corrected chi connectivity index (χ2v) is 19.2. The SMILES string of the molecule is C=Nc1cc(OCc2cc(COc3cc4c(cc3OC)C(=O)N3c5ccccc5C[C@H]3CN4)cc(CSC3CC(=O)N(CCC(=O)ON4C(=O)CCC4=O)C3=O)c2)c(OC)cc1C(=O)N1CCc2ccccc21. The van der Waals surface area contributed by atoms with Crippen LogP contribution in [0.4, 0.5) is 22.7 Å². The van der Waals surface area contributed by atoms with E-state index in [1.54, 1.807) is 29.2 Å². The maximum atomic E-state index is 14.1. The lowest BCUT2D eigenvalue weighted by Crippen LogP contribution is -2.39. The van der Waals surface area contributed by atoms with Crippen LogP contribution >= 0.6 is 11.8 Å². The molecule has 2 fully saturated rings. The predicted molar refractivity (Wildman–Crippen MR) is 270 cm³/mol. The predicted octanol–water partition coefficient (Wildman–Crippen LogP) is 6.75. The van der Waals surface area contributed by atoms with Crippen LogP contribution in [-0.4, -0.2) is 103 Å². The van der Waals surface area contributed by atoms with Gasteiger partial charge in [-0.2, -0.15) is 0 Å². The van der Waals surface area contributed by atoms with E-state index < -0.39 is 41.3 Å². The number of nitrogens with zero attached hydrogens (tertiary/aromatic N) is 5. The highest BCUT2D eigenvalue weighted by Crippen LogP contribution is 2.42. The molecule has 10 rings (SSSR count). The van der Waals surface area contributed by atoms with Gasteiger partial charge in [-0.15, -0.1) is 16.8 Å². The number of hydrogen-bond acceptors (Lipinski definition) is 15. The Hall–Kier alpha value is -8.19. The second-order valence-electron chi connectivity index (χ2n) is 18.0. The van der Waals surface area contributed by atoms with Gasteiger partial charge in [-0.3, -0.25) is 38.7 Å². The standard InChI is InChI=1S/C54H50N6O12S/c1-55-39-24-45(43(68-2)22-37(39)52(65)57-16-14-34-8-4-6-10-41(34)57)70-28-31-18-32(20-33(19-31)30-73-47-26-50(63)58(54(47)67)17-15-51(64)72-60-48(61)12-13-49(60)62)29-71-46-25-40-38(23-44(46)69-3)53(66)59-36(27-56-40)21-35-9-5-7-11-42(35)59/h4-11,18-20,22-25,36,47,56H,1,12-17,21,26-30H2,2-3H3/t36-,47?/m0/s1. The fourth-order valence-corrected chi connectivity index (χ4v) is 11.0. The minimum absolute atomic E-state index is 0.0274. The number of hydrogen-bond donors (Lipinski definition) is 1. The van der Waals surface area contributed by atoms with Gasteiger partial charge in [-0.05, 0) is 77.7 Å². The van der Waals surface area contributed by atoms with E-state index in [0.29, 0.717) is 75.0 Å². The van der Waals surface area contributed by atoms with E-state index in [1.165, 1.54) is 26.0 Å². The lowest BCUT2D eigenvalue weighted by atomic mass is 10.1. The van der Waals surface area contributed by atoms with Gasteiger partial charge >= 0.3 is 5.97 Å². The first kappa shape index (κ1) is 48.4. The number of methoxy groups -OCH3 is 2. The summed E-state index contributed by atoms with van der Waals surface area (Å²) in [6.45, 7) is 4.61. The molecular formula is C54H50N6O12S. The summed E-state index contributed by atoms with van der Waals surface area (Å²) in [7, 11) is 3.00. The highest BCUT2D eigenvalue weighted by atomic mass is 32.2. The zero-order valence-electron chi connectivity index (χ0n) is 40.1. The number of anilines is 3. The van der Waals surface area contributed by atoms with E-state index in [1.807, 2.05) is 71.6 Å². The number of fused-ring (bicyclic) bond motifs is 5. The number of carbonyl (C=O) groups excluding carboxylic acids is 7. The van der Waals surface area contributed by atoms with Crippen LogP contribution in [0.15, 0.2) is 96.0 Å². The van der Waals surface area contributed by atoms with E-state index >= 15 is 0 Å². The van der Waals surface area contributed by atoms with E-state index in [-0.39, 0.29) is 56.9 Å². The van der Waals surface area contributed by atoms with E-state index in [2.05, 4.69) is 17.0 Å². The molecule has 1 unspecified atom stereocenters. The fourth-order valence-electron chi connectivity index (χ4n) is 9.86. The second kappa shape index (κ2) is 20.5. The van der Waals surface area contributed by atoms with Crippen LogP contribution in [0, 0.1) is 0 Å². The molecule has 5 aromatic carbocycles. The molecule has 5 heterocycles. The molecule has 19 heteroatoms. The smallest absolute Gasteiger partial charge is 0.335 e. The number of benzene rings is 5. The number of rotatable bonds is 17. The van der Waals surface area contributed by atoms with Crippen LogP contribution in [-0.2, 0) is 60.6 Å². The summed E-state index contributed by atoms with van der Waals surface area (Å²) >= 11 is 1.26. The van der Waals surface area contributed by atoms with Gasteiger partial charge in [0.05, 0.1) is 54.4 Å². The Balaban J connectivity index is 0.876. The Morgan fingerprint density at radius 2 is 1.40 bits per heavy atom. The van der Waals surface area contributed by atoms with Crippen LogP contribution in [0.1, 0.15) is 74.2 Å². The van der Waals surface area contributed by atoms with Crippen molar-refractivity contribution in [3.63, 3.8) is 0 Å². The average Bonchev–Trinajstić information content (AvgIpc) is 4.14. The van der Waals surface area contributed by atoms with Crippen molar-refractivity contribution in [2.75, 3.05) is 49.0 Å². The monoisotopic (exact) mass is 1010 g/mol. The van der Waals surface area contributed by atoms with E-state index in [9.17, 15) is 33.6 Å². The summed E-state index contributed by atoms with van der Waals surface area (Å²) in [4.78, 5) is 105. The number of hydroxylamine groups is 2. The summed E-state index contributed by atoms with van der Waals surface area (Å²) in [5.41, 5.74) is 7.86. The summed E-state index contributed by atoms with van der Waals surface area (Å²) in [5, 5.41) is 3.14. The maximum absolute atomic E-state index is 14.1. The van der Waals surface area contributed by atoms with Gasteiger partial charge in [-0.25, -0.2) is 4.79 Å². The molecule has 0 radical (unpaired) electrons. The lowest BCUT2D eigenvalue weighted by molar-refractivity contribution is -0.197. The number of nitrogens with one attached hydrogen (secondary N) is 1. The lowest BCUT2D eigenvalue weighted by Gasteiger charge is -2.22. The average molecular weight is 1010 g/mol. The Morgan fingerprint density at radius 3 is 2.11 bits per heavy atom. The van der Waals surface area contributed by atoms with Crippen LogP contribution in [0.2, 0.25) is 0 Å². The number of likely N-dealkylation sites (tertiary alicyclic amines) is 1. The molecular weight excluding hydrogens is 957 g/mol. The minimum Gasteiger partial charge on any atom is -0.493 e. The third-order valence-electron chi connectivity index (χ3n) is 13.5. The zero-order chi connectivity index (χ0) is 50.9. The summed E-state index contributed by atoms with van der Waals surface area (Å²) < 4.78 is 24.4. The van der Waals surface area contributed by atoms with Crippen LogP contribution in [0.25, 0.3) is 0 Å². The third-order valence-corrected chi connectivity index (χ3v) is 14.7. The molecule has 18 nitrogen and oxygen atoms in total. The molecule has 374 valence electrons. The zero-order valence-corrected chi connectivity index (χ0v) is 40.9. The van der Waals surface area contributed by atoms with Gasteiger partial charge in [0.15, 0.2) is 23.0 Å². The van der Waals surface area contributed by atoms with Crippen molar-refractivity contribution in [3.8, 4) is 23.0 Å². The van der Waals surface area contributed by atoms with E-state index in [4.69, 9.17) is 23.8 Å². The Labute approximate surface area is 424 Å². The molecule has 5 aromatic rings. The maximum Gasteiger partial charge on any atom is 0.335 e. The van der Waals surface area contributed by atoms with Crippen molar-refractivity contribution in [2.24, 2.45) is 4.99 Å². The molecule has 2 saturated heterocycles. The number of imide groups is 2. The van der Waals surface area contributed by atoms with Crippen molar-refractivity contribution in [2.45, 2.75) is 68.8 Å². The highest BCUT2D eigenvalue weighted by molar-refractivity contribution is 7.99. The molecule has 2 atom stereocenters. The van der Waals surface area contributed by atoms with Gasteiger partial charge in [-0.1, -0.05) is 48.5 Å². The third kappa shape index (κ3) is 9.67. The van der Waals surface area contributed by atoms with Crippen molar-refractivity contribution >= 4 is 82.6 Å². The summed E-state index contributed by atoms with van der Waals surface area (Å²) in [6.07, 6.45) is 0.851. The molecule has 73 heavy (non-hydrogen) atoms. The van der Waals surface area contributed by atoms with Crippen molar-refractivity contribution in [1.82, 2.24) is 9.96 Å². The fraction of sp³-hybridized carbons (Fsp3) is 0.296. The van der Waals surface area contributed by atoms with Crippen LogP contribution < -0.4 is 34.1 Å². The summed E-state index contributed by atoms with van der Waals surface area (Å²) in [5.74, 6) is -1.80. The summed E-state index contributed by atoms with van der Waals surface area (Å²) in [6, 6.07) is 28.1. The van der Waals surface area contributed by atoms with Gasteiger partial charge in [0.25, 0.3) is 23.6 Å².